The average Bonchev–Trinajstić information content (AvgIpc) is 3.17. The monoisotopic (exact) mass is 508 g/mol. The van der Waals surface area contributed by atoms with Crippen LogP contribution >= 0.6 is 22.9 Å². The fraction of sp³-hybridized carbons (Fsp3) is 0.379. The molecule has 3 aromatic rings. The number of nitrogens with zero attached hydrogens (tertiary/aromatic N) is 1. The van der Waals surface area contributed by atoms with Gasteiger partial charge in [-0.15, -0.1) is 11.3 Å². The minimum Gasteiger partial charge on any atom is -0.490 e. The molecule has 6 heteroatoms. The number of anilines is 1. The number of ether oxygens (including phenoxy) is 1. The Morgan fingerprint density at radius 2 is 1.94 bits per heavy atom. The van der Waals surface area contributed by atoms with Crippen molar-refractivity contribution >= 4 is 45.7 Å². The molecule has 1 aromatic heterocycles. The molecule has 0 radical (unpaired) electrons. The van der Waals surface area contributed by atoms with Crippen molar-refractivity contribution in [2.45, 2.75) is 60.0 Å². The summed E-state index contributed by atoms with van der Waals surface area (Å²) in [6.07, 6.45) is 4.73. The normalized spacial score (nSPS) is 15.9. The summed E-state index contributed by atoms with van der Waals surface area (Å²) in [7, 11) is 0. The van der Waals surface area contributed by atoms with E-state index < -0.39 is 0 Å². The molecule has 1 amide bonds. The van der Waals surface area contributed by atoms with E-state index in [9.17, 15) is 4.79 Å². The number of carbonyl (C=O) groups excluding carboxylic acids is 1. The summed E-state index contributed by atoms with van der Waals surface area (Å²) in [5, 5.41) is 4.41. The van der Waals surface area contributed by atoms with Gasteiger partial charge >= 0.3 is 0 Å². The lowest BCUT2D eigenvalue weighted by Gasteiger charge is -2.33. The molecule has 1 aliphatic carbocycles. The van der Waals surface area contributed by atoms with Gasteiger partial charge in [-0.05, 0) is 80.3 Å². The van der Waals surface area contributed by atoms with Gasteiger partial charge in [0, 0.05) is 27.4 Å². The SMILES string of the molecule is CC(C)Oc1ccc(Cl)cc1C=Nc1sc2c(c1C(=O)Nc1ccccc1)CC[C@@H](C(C)(C)C)C2. The van der Waals surface area contributed by atoms with Gasteiger partial charge in [0.2, 0.25) is 0 Å². The number of hydrogen-bond donors (Lipinski definition) is 1. The number of benzene rings is 2. The minimum atomic E-state index is -0.111. The maximum Gasteiger partial charge on any atom is 0.259 e. The lowest BCUT2D eigenvalue weighted by atomic mass is 9.72. The van der Waals surface area contributed by atoms with E-state index in [1.54, 1.807) is 17.6 Å². The third-order valence-electron chi connectivity index (χ3n) is 6.39. The molecule has 184 valence electrons. The number of rotatable bonds is 6. The number of aliphatic imine (C=N–C) groups is 1. The molecule has 1 heterocycles. The van der Waals surface area contributed by atoms with Crippen molar-refractivity contribution in [1.29, 1.82) is 0 Å². The number of carbonyl (C=O) groups is 1. The van der Waals surface area contributed by atoms with Crippen molar-refractivity contribution in [3.8, 4) is 5.75 Å². The van der Waals surface area contributed by atoms with Crippen LogP contribution in [0.4, 0.5) is 10.7 Å². The van der Waals surface area contributed by atoms with Gasteiger partial charge in [0.15, 0.2) is 0 Å². The predicted octanol–water partition coefficient (Wildman–Crippen LogP) is 8.34. The highest BCUT2D eigenvalue weighted by molar-refractivity contribution is 7.16. The van der Waals surface area contributed by atoms with Crippen molar-refractivity contribution in [2.24, 2.45) is 16.3 Å². The van der Waals surface area contributed by atoms with Crippen molar-refractivity contribution in [3.63, 3.8) is 0 Å². The number of nitrogens with one attached hydrogen (secondary N) is 1. The molecule has 0 fully saturated rings. The summed E-state index contributed by atoms with van der Waals surface area (Å²) < 4.78 is 5.95. The van der Waals surface area contributed by atoms with E-state index in [1.165, 1.54) is 4.88 Å². The predicted molar refractivity (Wildman–Crippen MR) is 148 cm³/mol. The fourth-order valence-electron chi connectivity index (χ4n) is 4.46. The lowest BCUT2D eigenvalue weighted by molar-refractivity contribution is 0.102. The molecule has 1 atom stereocenters. The number of para-hydroxylation sites is 1. The third-order valence-corrected chi connectivity index (χ3v) is 7.78. The molecule has 0 unspecified atom stereocenters. The molecule has 4 rings (SSSR count). The Morgan fingerprint density at radius 1 is 1.20 bits per heavy atom. The molecular formula is C29H33ClN2O2S. The highest BCUT2D eigenvalue weighted by Gasteiger charge is 2.33. The highest BCUT2D eigenvalue weighted by Crippen LogP contribution is 2.45. The van der Waals surface area contributed by atoms with Crippen LogP contribution in [0.2, 0.25) is 5.02 Å². The van der Waals surface area contributed by atoms with E-state index in [-0.39, 0.29) is 17.4 Å². The average molecular weight is 509 g/mol. The van der Waals surface area contributed by atoms with Crippen LogP contribution in [-0.2, 0) is 12.8 Å². The minimum absolute atomic E-state index is 0.0268. The Kier molecular flexibility index (Phi) is 7.67. The topological polar surface area (TPSA) is 50.7 Å². The van der Waals surface area contributed by atoms with Gasteiger partial charge in [0.1, 0.15) is 10.8 Å². The van der Waals surface area contributed by atoms with E-state index in [4.69, 9.17) is 21.3 Å². The Balaban J connectivity index is 1.73. The zero-order chi connectivity index (χ0) is 25.2. The molecule has 35 heavy (non-hydrogen) atoms. The van der Waals surface area contributed by atoms with E-state index in [0.29, 0.717) is 16.5 Å². The van der Waals surface area contributed by atoms with Crippen LogP contribution < -0.4 is 10.1 Å². The van der Waals surface area contributed by atoms with Crippen LogP contribution in [0.1, 0.15) is 67.4 Å². The molecule has 2 aromatic carbocycles. The van der Waals surface area contributed by atoms with E-state index in [0.717, 1.165) is 46.8 Å². The molecule has 0 saturated carbocycles. The van der Waals surface area contributed by atoms with Gasteiger partial charge in [-0.25, -0.2) is 4.99 Å². The molecule has 0 saturated heterocycles. The first kappa shape index (κ1) is 25.5. The van der Waals surface area contributed by atoms with Crippen LogP contribution in [0.25, 0.3) is 0 Å². The van der Waals surface area contributed by atoms with E-state index in [1.807, 2.05) is 62.4 Å². The zero-order valence-corrected chi connectivity index (χ0v) is 22.6. The Labute approximate surface area is 217 Å². The van der Waals surface area contributed by atoms with Gasteiger partial charge in [0.05, 0.1) is 11.7 Å². The van der Waals surface area contributed by atoms with Crippen molar-refractivity contribution in [2.75, 3.05) is 5.32 Å². The second kappa shape index (κ2) is 10.5. The lowest BCUT2D eigenvalue weighted by Crippen LogP contribution is -2.27. The van der Waals surface area contributed by atoms with Gasteiger partial charge in [-0.1, -0.05) is 50.6 Å². The Bertz CT molecular complexity index is 1230. The van der Waals surface area contributed by atoms with Crippen LogP contribution in [0, 0.1) is 11.3 Å². The fourth-order valence-corrected chi connectivity index (χ4v) is 5.91. The van der Waals surface area contributed by atoms with Gasteiger partial charge in [-0.2, -0.15) is 0 Å². The van der Waals surface area contributed by atoms with Crippen molar-refractivity contribution in [1.82, 2.24) is 0 Å². The summed E-state index contributed by atoms with van der Waals surface area (Å²) in [6.45, 7) is 10.9. The number of fused-ring (bicyclic) bond motifs is 1. The van der Waals surface area contributed by atoms with Crippen molar-refractivity contribution < 1.29 is 9.53 Å². The maximum atomic E-state index is 13.5. The van der Waals surface area contributed by atoms with Crippen LogP contribution in [-0.4, -0.2) is 18.2 Å². The smallest absolute Gasteiger partial charge is 0.259 e. The molecule has 0 bridgehead atoms. The largest absolute Gasteiger partial charge is 0.490 e. The standard InChI is InChI=1S/C29H33ClN2O2S/c1-18(2)34-24-14-12-21(30)15-19(24)17-31-28-26(27(33)32-22-9-7-6-8-10-22)23-13-11-20(29(3,4)5)16-25(23)35-28/h6-10,12,14-15,17-18,20H,11,13,16H2,1-5H3,(H,32,33)/t20-/m1/s1. The first-order valence-corrected chi connectivity index (χ1v) is 13.3. The first-order valence-electron chi connectivity index (χ1n) is 12.1. The summed E-state index contributed by atoms with van der Waals surface area (Å²) in [4.78, 5) is 19.6. The second-order valence-corrected chi connectivity index (χ2v) is 11.9. The summed E-state index contributed by atoms with van der Waals surface area (Å²) >= 11 is 7.90. The Morgan fingerprint density at radius 3 is 2.63 bits per heavy atom. The van der Waals surface area contributed by atoms with Gasteiger partial charge in [0.25, 0.3) is 5.91 Å². The van der Waals surface area contributed by atoms with Gasteiger partial charge < -0.3 is 10.1 Å². The number of thiophene rings is 1. The molecular weight excluding hydrogens is 476 g/mol. The summed E-state index contributed by atoms with van der Waals surface area (Å²) in [5.41, 5.74) is 3.62. The van der Waals surface area contributed by atoms with Crippen LogP contribution in [0.3, 0.4) is 0 Å². The summed E-state index contributed by atoms with van der Waals surface area (Å²) in [6, 6.07) is 15.1. The number of hydrogen-bond acceptors (Lipinski definition) is 4. The van der Waals surface area contributed by atoms with Crippen LogP contribution in [0.15, 0.2) is 53.5 Å². The molecule has 0 spiro atoms. The first-order chi connectivity index (χ1) is 16.6. The van der Waals surface area contributed by atoms with E-state index in [2.05, 4.69) is 26.1 Å². The molecule has 4 nitrogen and oxygen atoms in total. The van der Waals surface area contributed by atoms with Crippen LogP contribution in [0.5, 0.6) is 5.75 Å². The highest BCUT2D eigenvalue weighted by atomic mass is 35.5. The van der Waals surface area contributed by atoms with Crippen molar-refractivity contribution in [3.05, 3.63) is 75.1 Å². The second-order valence-electron chi connectivity index (χ2n) is 10.4. The zero-order valence-electron chi connectivity index (χ0n) is 21.0. The quantitative estimate of drug-likeness (QED) is 0.340. The maximum absolute atomic E-state index is 13.5. The number of amides is 1. The summed E-state index contributed by atoms with van der Waals surface area (Å²) in [5.74, 6) is 1.19. The third kappa shape index (κ3) is 6.14. The van der Waals surface area contributed by atoms with E-state index >= 15 is 0 Å². The Hall–Kier alpha value is -2.63. The molecule has 1 N–H and O–H groups in total. The molecule has 1 aliphatic rings. The number of halogens is 1. The van der Waals surface area contributed by atoms with Gasteiger partial charge in [-0.3, -0.25) is 4.79 Å². The molecule has 0 aliphatic heterocycles.